The van der Waals surface area contributed by atoms with E-state index in [4.69, 9.17) is 37.4 Å². The molecule has 0 saturated heterocycles. The van der Waals surface area contributed by atoms with Crippen molar-refractivity contribution in [3.63, 3.8) is 0 Å². The molecule has 0 aromatic heterocycles. The molecule has 40 heavy (non-hydrogen) atoms. The second kappa shape index (κ2) is 14.3. The first-order chi connectivity index (χ1) is 19.1. The highest BCUT2D eigenvalue weighted by molar-refractivity contribution is 7.90. The third kappa shape index (κ3) is 8.68. The summed E-state index contributed by atoms with van der Waals surface area (Å²) in [6, 6.07) is 14.3. The highest BCUT2D eigenvalue weighted by Gasteiger charge is 2.19. The predicted octanol–water partition coefficient (Wildman–Crippen LogP) is 3.69. The first-order valence-electron chi connectivity index (χ1n) is 11.9. The van der Waals surface area contributed by atoms with Crippen molar-refractivity contribution in [1.82, 2.24) is 0 Å². The third-order valence-electron chi connectivity index (χ3n) is 5.30. The van der Waals surface area contributed by atoms with Gasteiger partial charge in [0.05, 0.1) is 17.9 Å². The maximum atomic E-state index is 13.2. The largest absolute Gasteiger partial charge is 0.574 e. The van der Waals surface area contributed by atoms with E-state index in [9.17, 15) is 19.2 Å². The Balaban J connectivity index is 1.92. The van der Waals surface area contributed by atoms with Crippen molar-refractivity contribution in [2.75, 3.05) is 28.6 Å². The maximum Gasteiger partial charge on any atom is 0.341 e. The monoisotopic (exact) mass is 588 g/mol. The van der Waals surface area contributed by atoms with Gasteiger partial charge in [0.2, 0.25) is 0 Å². The molecule has 0 saturated carbocycles. The molecule has 3 aromatic carbocycles. The van der Waals surface area contributed by atoms with E-state index in [0.29, 0.717) is 46.2 Å². The van der Waals surface area contributed by atoms with Gasteiger partial charge in [0.1, 0.15) is 5.84 Å². The van der Waals surface area contributed by atoms with Gasteiger partial charge in [-0.2, -0.15) is 4.72 Å². The summed E-state index contributed by atoms with van der Waals surface area (Å²) in [7, 11) is 0. The molecule has 1 unspecified atom stereocenters. The van der Waals surface area contributed by atoms with Crippen LogP contribution < -0.4 is 35.7 Å². The lowest BCUT2D eigenvalue weighted by Gasteiger charge is -2.19. The van der Waals surface area contributed by atoms with Gasteiger partial charge in [-0.05, 0) is 55.0 Å². The molecule has 1 amide bonds. The fourth-order valence-corrected chi connectivity index (χ4v) is 4.09. The molecule has 3 aromatic rings. The van der Waals surface area contributed by atoms with Gasteiger partial charge in [-0.15, -0.1) is 5.14 Å². The number of halogens is 1. The van der Waals surface area contributed by atoms with Crippen molar-refractivity contribution in [1.29, 1.82) is 5.41 Å². The summed E-state index contributed by atoms with van der Waals surface area (Å²) >= 11 is 4.31. The van der Waals surface area contributed by atoms with Gasteiger partial charge < -0.3 is 35.5 Å². The van der Waals surface area contributed by atoms with E-state index in [1.807, 2.05) is 6.92 Å². The minimum atomic E-state index is -1.88. The first-order valence-corrected chi connectivity index (χ1v) is 13.5. The van der Waals surface area contributed by atoms with Crippen LogP contribution in [0.15, 0.2) is 54.6 Å². The molecule has 0 aliphatic rings. The molecule has 0 radical (unpaired) electrons. The van der Waals surface area contributed by atoms with Crippen molar-refractivity contribution in [2.45, 2.75) is 19.9 Å². The van der Waals surface area contributed by atoms with Crippen LogP contribution in [0.3, 0.4) is 0 Å². The lowest BCUT2D eigenvalue weighted by atomic mass is 10.1. The summed E-state index contributed by atoms with van der Waals surface area (Å²) in [4.78, 5) is 24.4. The normalized spacial score (nSPS) is 11.3. The molecule has 0 spiro atoms. The second-order valence-electron chi connectivity index (χ2n) is 8.38. The number of ether oxygens (including phenoxy) is 2. The van der Waals surface area contributed by atoms with Crippen LogP contribution in [0.25, 0.3) is 0 Å². The molecule has 0 bridgehead atoms. The topological polar surface area (TPSA) is 208 Å². The Morgan fingerprint density at radius 1 is 1.10 bits per heavy atom. The van der Waals surface area contributed by atoms with Crippen molar-refractivity contribution < 1.29 is 28.7 Å². The number of hydrogen-bond donors (Lipinski definition) is 7. The summed E-state index contributed by atoms with van der Waals surface area (Å²) in [5, 5.41) is 28.4. The number of amidine groups is 1. The summed E-state index contributed by atoms with van der Waals surface area (Å²) in [6.45, 7) is 1.66. The zero-order chi connectivity index (χ0) is 29.2. The summed E-state index contributed by atoms with van der Waals surface area (Å²) in [5.41, 5.74) is 7.94. The second-order valence-corrected chi connectivity index (χ2v) is 9.62. The minimum Gasteiger partial charge on any atom is -0.574 e. The third-order valence-corrected chi connectivity index (χ3v) is 5.97. The Labute approximate surface area is 238 Å². The molecule has 212 valence electrons. The number of anilines is 3. The van der Waals surface area contributed by atoms with Gasteiger partial charge in [0, 0.05) is 40.1 Å². The zero-order valence-corrected chi connectivity index (χ0v) is 23.0. The number of aliphatic carboxylic acids is 1. The van der Waals surface area contributed by atoms with Crippen LogP contribution in [-0.4, -0.2) is 40.6 Å². The Hall–Kier alpha value is -4.17. The Morgan fingerprint density at radius 2 is 1.82 bits per heavy atom. The number of carboxylic acids is 1. The lowest BCUT2D eigenvalue weighted by Crippen LogP contribution is -2.22. The van der Waals surface area contributed by atoms with Gasteiger partial charge in [0.15, 0.2) is 29.7 Å². The molecule has 1 atom stereocenters. The van der Waals surface area contributed by atoms with Crippen molar-refractivity contribution in [2.24, 2.45) is 10.9 Å². The predicted molar refractivity (Wildman–Crippen MR) is 156 cm³/mol. The molecule has 12 nitrogen and oxygen atoms in total. The zero-order valence-electron chi connectivity index (χ0n) is 21.5. The van der Waals surface area contributed by atoms with Gasteiger partial charge in [-0.25, -0.2) is 4.79 Å². The number of hydrogen-bond acceptors (Lipinski definition) is 9. The van der Waals surface area contributed by atoms with E-state index in [2.05, 4.69) is 15.4 Å². The Morgan fingerprint density at radius 3 is 2.45 bits per heavy atom. The fraction of sp³-hybridized carbons (Fsp3) is 0.192. The molecular weight excluding hydrogens is 560 g/mol. The number of nitrogens with one attached hydrogen (secondary N) is 4. The van der Waals surface area contributed by atoms with Crippen LogP contribution in [-0.2, 0) is 22.9 Å². The maximum absolute atomic E-state index is 13.2. The van der Waals surface area contributed by atoms with Gasteiger partial charge in [0.25, 0.3) is 5.91 Å². The highest BCUT2D eigenvalue weighted by Crippen LogP contribution is 2.36. The number of carboxylic acid groups (broad SMARTS) is 1. The van der Waals surface area contributed by atoms with Gasteiger partial charge in [-0.3, -0.25) is 10.2 Å². The summed E-state index contributed by atoms with van der Waals surface area (Å²) in [5.74, 6) is -1.32. The molecule has 0 aliphatic carbocycles. The van der Waals surface area contributed by atoms with Crippen LogP contribution >= 0.6 is 11.6 Å². The first kappa shape index (κ1) is 30.4. The lowest BCUT2D eigenvalue weighted by molar-refractivity contribution is -0.139. The number of nitrogens with two attached hydrogens (primary N) is 2. The highest BCUT2D eigenvalue weighted by atomic mass is 35.5. The van der Waals surface area contributed by atoms with E-state index >= 15 is 0 Å². The van der Waals surface area contributed by atoms with Crippen LogP contribution in [0.2, 0.25) is 5.02 Å². The van der Waals surface area contributed by atoms with Gasteiger partial charge >= 0.3 is 5.97 Å². The quantitative estimate of drug-likeness (QED) is 0.0825. The molecule has 9 N–H and O–H groups in total. The number of carbonyl (C=O) groups is 2. The van der Waals surface area contributed by atoms with Crippen LogP contribution in [0.4, 0.5) is 17.1 Å². The summed E-state index contributed by atoms with van der Waals surface area (Å²) in [6.07, 6.45) is 0.674. The number of benzene rings is 3. The van der Waals surface area contributed by atoms with Gasteiger partial charge in [-0.1, -0.05) is 18.5 Å². The van der Waals surface area contributed by atoms with Crippen molar-refractivity contribution in [3.8, 4) is 11.5 Å². The van der Waals surface area contributed by atoms with E-state index in [1.54, 1.807) is 42.5 Å². The molecule has 14 heteroatoms. The molecule has 0 aliphatic heterocycles. The van der Waals surface area contributed by atoms with E-state index < -0.39 is 30.0 Å². The molecule has 0 fully saturated rings. The van der Waals surface area contributed by atoms with E-state index in [0.717, 1.165) is 0 Å². The fourth-order valence-electron chi connectivity index (χ4n) is 3.56. The summed E-state index contributed by atoms with van der Waals surface area (Å²) < 4.78 is 25.5. The Kier molecular flexibility index (Phi) is 10.8. The van der Waals surface area contributed by atoms with Crippen molar-refractivity contribution >= 4 is 57.9 Å². The smallest absolute Gasteiger partial charge is 0.341 e. The number of amides is 1. The molecule has 0 heterocycles. The van der Waals surface area contributed by atoms with Crippen LogP contribution in [0.5, 0.6) is 11.5 Å². The minimum absolute atomic E-state index is 0.0549. The van der Waals surface area contributed by atoms with Crippen molar-refractivity contribution in [3.05, 3.63) is 76.3 Å². The molecule has 3 rings (SSSR count). The SMILES string of the molecule is CCCOc1cc(N[S+](N)[O-])cc(CNc2ccc(Cl)cc2C(=O)Nc2ccc(C(=N)N)cc2)c1OCC(=O)O. The van der Waals surface area contributed by atoms with Crippen LogP contribution in [0, 0.1) is 5.41 Å². The number of rotatable bonds is 14. The average molecular weight is 589 g/mol. The van der Waals surface area contributed by atoms with E-state index in [1.165, 1.54) is 12.1 Å². The average Bonchev–Trinajstić information content (AvgIpc) is 2.90. The number of carbonyl (C=O) groups excluding carboxylic acids is 1. The Bertz CT molecular complexity index is 1370. The number of nitrogen functional groups attached to an aromatic ring is 1. The standard InChI is InChI=1S/C26H29ClN6O6S/c1-2-9-38-22-12-19(33-40(30)37)10-16(24(22)39-14-23(34)35)13-31-21-8-5-17(27)11-20(21)26(36)32-18-6-3-15(4-7-18)25(28)29/h3-8,10-12,31,33H,2,9,13-14,30H2,1H3,(H3,28,29)(H,32,36)(H,34,35). The van der Waals surface area contributed by atoms with Crippen LogP contribution in [0.1, 0.15) is 34.8 Å². The molecular formula is C26H29ClN6O6S. The van der Waals surface area contributed by atoms with E-state index in [-0.39, 0.29) is 29.4 Å².